The second-order valence-electron chi connectivity index (χ2n) is 6.35. The molecule has 2 unspecified atom stereocenters. The van der Waals surface area contributed by atoms with E-state index in [1.165, 1.54) is 30.6 Å². The van der Waals surface area contributed by atoms with Gasteiger partial charge in [0.05, 0.1) is 0 Å². The highest BCUT2D eigenvalue weighted by molar-refractivity contribution is 5.54. The molecule has 1 saturated heterocycles. The van der Waals surface area contributed by atoms with E-state index in [4.69, 9.17) is 0 Å². The number of para-hydroxylation sites is 1. The third kappa shape index (κ3) is 3.73. The van der Waals surface area contributed by atoms with Crippen molar-refractivity contribution >= 4 is 5.69 Å². The van der Waals surface area contributed by atoms with Gasteiger partial charge in [0.15, 0.2) is 0 Å². The molecule has 1 aliphatic rings. The Bertz CT molecular complexity index is 400. The minimum atomic E-state index is 0.533. The van der Waals surface area contributed by atoms with Gasteiger partial charge in [0.25, 0.3) is 0 Å². The van der Waals surface area contributed by atoms with Gasteiger partial charge in [0.1, 0.15) is 0 Å². The van der Waals surface area contributed by atoms with Gasteiger partial charge in [0, 0.05) is 30.9 Å². The number of nitrogens with zero attached hydrogens (tertiary/aromatic N) is 1. The van der Waals surface area contributed by atoms with Crippen molar-refractivity contribution in [2.45, 2.75) is 59.2 Å². The molecule has 1 aromatic carbocycles. The Hall–Kier alpha value is -1.02. The lowest BCUT2D eigenvalue weighted by Gasteiger charge is -2.39. The van der Waals surface area contributed by atoms with Crippen LogP contribution in [0.15, 0.2) is 24.3 Å². The minimum Gasteiger partial charge on any atom is -0.368 e. The van der Waals surface area contributed by atoms with Crippen LogP contribution in [0.5, 0.6) is 0 Å². The lowest BCUT2D eigenvalue weighted by Crippen LogP contribution is -2.41. The van der Waals surface area contributed by atoms with E-state index in [2.05, 4.69) is 62.2 Å². The largest absolute Gasteiger partial charge is 0.368 e. The van der Waals surface area contributed by atoms with Gasteiger partial charge in [-0.3, -0.25) is 0 Å². The Labute approximate surface area is 118 Å². The molecule has 1 heterocycles. The predicted octanol–water partition coefficient (Wildman–Crippen LogP) is 3.81. The van der Waals surface area contributed by atoms with Crippen molar-refractivity contribution in [2.75, 3.05) is 11.4 Å². The van der Waals surface area contributed by atoms with E-state index in [9.17, 15) is 0 Å². The zero-order valence-corrected chi connectivity index (χ0v) is 12.8. The van der Waals surface area contributed by atoms with Crippen LogP contribution in [0.25, 0.3) is 0 Å². The average Bonchev–Trinajstić information content (AvgIpc) is 2.39. The van der Waals surface area contributed by atoms with E-state index in [1.54, 1.807) is 0 Å². The molecule has 19 heavy (non-hydrogen) atoms. The van der Waals surface area contributed by atoms with Crippen LogP contribution in [0.3, 0.4) is 0 Å². The van der Waals surface area contributed by atoms with E-state index in [-0.39, 0.29) is 0 Å². The summed E-state index contributed by atoms with van der Waals surface area (Å²) in [6.07, 6.45) is 2.68. The SMILES string of the molecule is CC1CCC(C)N(c2ccccc2CNC(C)C)C1. The Kier molecular flexibility index (Phi) is 4.87. The second-order valence-corrected chi connectivity index (χ2v) is 6.35. The predicted molar refractivity (Wildman–Crippen MR) is 83.6 cm³/mol. The summed E-state index contributed by atoms with van der Waals surface area (Å²) in [6, 6.07) is 10.1. The maximum atomic E-state index is 3.54. The summed E-state index contributed by atoms with van der Waals surface area (Å²) < 4.78 is 0. The number of hydrogen-bond acceptors (Lipinski definition) is 2. The van der Waals surface area contributed by atoms with Gasteiger partial charge in [-0.2, -0.15) is 0 Å². The summed E-state index contributed by atoms with van der Waals surface area (Å²) in [5.41, 5.74) is 2.85. The highest BCUT2D eigenvalue weighted by atomic mass is 15.2. The Morgan fingerprint density at radius 3 is 2.68 bits per heavy atom. The van der Waals surface area contributed by atoms with Gasteiger partial charge in [-0.05, 0) is 37.3 Å². The van der Waals surface area contributed by atoms with Gasteiger partial charge in [-0.25, -0.2) is 0 Å². The van der Waals surface area contributed by atoms with Gasteiger partial charge in [-0.15, -0.1) is 0 Å². The third-order valence-electron chi connectivity index (χ3n) is 4.12. The van der Waals surface area contributed by atoms with Crippen molar-refractivity contribution in [2.24, 2.45) is 5.92 Å². The number of piperidine rings is 1. The standard InChI is InChI=1S/C17H28N2/c1-13(2)18-11-16-7-5-6-8-17(16)19-12-14(3)9-10-15(19)4/h5-8,13-15,18H,9-12H2,1-4H3. The van der Waals surface area contributed by atoms with E-state index in [0.29, 0.717) is 12.1 Å². The van der Waals surface area contributed by atoms with Gasteiger partial charge < -0.3 is 10.2 Å². The number of benzene rings is 1. The molecule has 0 saturated carbocycles. The Morgan fingerprint density at radius 2 is 1.95 bits per heavy atom. The fourth-order valence-electron chi connectivity index (χ4n) is 2.88. The lowest BCUT2D eigenvalue weighted by atomic mass is 9.93. The van der Waals surface area contributed by atoms with Crippen molar-refractivity contribution in [1.29, 1.82) is 0 Å². The first-order valence-corrected chi connectivity index (χ1v) is 7.66. The molecular weight excluding hydrogens is 232 g/mol. The van der Waals surface area contributed by atoms with Crippen LogP contribution in [0.1, 0.15) is 46.1 Å². The molecule has 2 nitrogen and oxygen atoms in total. The molecule has 0 radical (unpaired) electrons. The van der Waals surface area contributed by atoms with Crippen molar-refractivity contribution in [3.63, 3.8) is 0 Å². The molecular formula is C17H28N2. The van der Waals surface area contributed by atoms with E-state index in [0.717, 1.165) is 12.5 Å². The summed E-state index contributed by atoms with van der Waals surface area (Å²) in [5.74, 6) is 0.808. The van der Waals surface area contributed by atoms with Gasteiger partial charge in [0.2, 0.25) is 0 Å². The van der Waals surface area contributed by atoms with Crippen molar-refractivity contribution in [3.8, 4) is 0 Å². The van der Waals surface area contributed by atoms with Gasteiger partial charge in [-0.1, -0.05) is 39.0 Å². The molecule has 0 bridgehead atoms. The average molecular weight is 260 g/mol. The minimum absolute atomic E-state index is 0.533. The first kappa shape index (κ1) is 14.4. The number of nitrogens with one attached hydrogen (secondary N) is 1. The first-order valence-electron chi connectivity index (χ1n) is 7.66. The maximum Gasteiger partial charge on any atom is 0.0414 e. The molecule has 1 N–H and O–H groups in total. The highest BCUT2D eigenvalue weighted by Crippen LogP contribution is 2.30. The molecule has 1 aromatic rings. The zero-order valence-electron chi connectivity index (χ0n) is 12.8. The van der Waals surface area contributed by atoms with Crippen LogP contribution in [0, 0.1) is 5.92 Å². The normalized spacial score (nSPS) is 23.9. The van der Waals surface area contributed by atoms with Crippen LogP contribution >= 0.6 is 0 Å². The zero-order chi connectivity index (χ0) is 13.8. The lowest BCUT2D eigenvalue weighted by molar-refractivity contribution is 0.389. The van der Waals surface area contributed by atoms with Crippen molar-refractivity contribution in [3.05, 3.63) is 29.8 Å². The quantitative estimate of drug-likeness (QED) is 0.885. The highest BCUT2D eigenvalue weighted by Gasteiger charge is 2.24. The van der Waals surface area contributed by atoms with Crippen molar-refractivity contribution < 1.29 is 0 Å². The first-order chi connectivity index (χ1) is 9.08. The topological polar surface area (TPSA) is 15.3 Å². The molecule has 0 spiro atoms. The number of hydrogen-bond donors (Lipinski definition) is 1. The fraction of sp³-hybridized carbons (Fsp3) is 0.647. The number of anilines is 1. The van der Waals surface area contributed by atoms with Crippen LogP contribution in [0.4, 0.5) is 5.69 Å². The Balaban J connectivity index is 2.18. The van der Waals surface area contributed by atoms with E-state index < -0.39 is 0 Å². The van der Waals surface area contributed by atoms with Crippen LogP contribution in [-0.2, 0) is 6.54 Å². The fourth-order valence-corrected chi connectivity index (χ4v) is 2.88. The molecule has 106 valence electrons. The van der Waals surface area contributed by atoms with Crippen LogP contribution in [-0.4, -0.2) is 18.6 Å². The summed E-state index contributed by atoms with van der Waals surface area (Å²) in [5, 5.41) is 3.54. The Morgan fingerprint density at radius 1 is 1.21 bits per heavy atom. The van der Waals surface area contributed by atoms with Crippen molar-refractivity contribution in [1.82, 2.24) is 5.32 Å². The molecule has 2 rings (SSSR count). The summed E-state index contributed by atoms with van der Waals surface area (Å²) >= 11 is 0. The van der Waals surface area contributed by atoms with E-state index in [1.807, 2.05) is 0 Å². The van der Waals surface area contributed by atoms with Crippen LogP contribution in [0.2, 0.25) is 0 Å². The van der Waals surface area contributed by atoms with E-state index >= 15 is 0 Å². The van der Waals surface area contributed by atoms with Gasteiger partial charge >= 0.3 is 0 Å². The molecule has 2 heteroatoms. The molecule has 0 aliphatic carbocycles. The second kappa shape index (κ2) is 6.42. The molecule has 1 aliphatic heterocycles. The maximum absolute atomic E-state index is 3.54. The number of rotatable bonds is 4. The summed E-state index contributed by atoms with van der Waals surface area (Å²) in [6.45, 7) is 11.3. The molecule has 0 aromatic heterocycles. The molecule has 1 fully saturated rings. The smallest absolute Gasteiger partial charge is 0.0414 e. The molecule has 0 amide bonds. The summed E-state index contributed by atoms with van der Waals surface area (Å²) in [7, 11) is 0. The molecule has 2 atom stereocenters. The monoisotopic (exact) mass is 260 g/mol. The summed E-state index contributed by atoms with van der Waals surface area (Å²) in [4.78, 5) is 2.60. The van der Waals surface area contributed by atoms with Crippen LogP contribution < -0.4 is 10.2 Å². The third-order valence-corrected chi connectivity index (χ3v) is 4.12.